The summed E-state index contributed by atoms with van der Waals surface area (Å²) in [6, 6.07) is 10.5. The Morgan fingerprint density at radius 3 is 2.44 bits per heavy atom. The fraction of sp³-hybridized carbons (Fsp3) is 0.440. The predicted octanol–water partition coefficient (Wildman–Crippen LogP) is 3.43. The summed E-state index contributed by atoms with van der Waals surface area (Å²) >= 11 is 0. The fourth-order valence-electron chi connectivity index (χ4n) is 4.32. The van der Waals surface area contributed by atoms with E-state index in [0.717, 1.165) is 11.1 Å². The third kappa shape index (κ3) is 4.42. The van der Waals surface area contributed by atoms with E-state index >= 15 is 0 Å². The van der Waals surface area contributed by atoms with Crippen molar-refractivity contribution in [3.8, 4) is 0 Å². The van der Waals surface area contributed by atoms with Crippen molar-refractivity contribution in [3.63, 3.8) is 0 Å². The molecule has 3 aromatic rings. The first-order valence-electron chi connectivity index (χ1n) is 11.5. The van der Waals surface area contributed by atoms with Crippen molar-refractivity contribution in [2.75, 3.05) is 36.5 Å². The van der Waals surface area contributed by atoms with E-state index in [1.54, 1.807) is 43.7 Å². The van der Waals surface area contributed by atoms with Crippen LogP contribution in [0.3, 0.4) is 0 Å². The number of morpholine rings is 1. The maximum atomic E-state index is 13.3. The third-order valence-corrected chi connectivity index (χ3v) is 8.49. The van der Waals surface area contributed by atoms with Crippen LogP contribution < -0.4 is 15.8 Å². The number of hydrogen-bond donors (Lipinski definition) is 1. The average Bonchev–Trinajstić information content (AvgIpc) is 2.82. The van der Waals surface area contributed by atoms with Gasteiger partial charge in [-0.05, 0) is 51.5 Å². The number of ether oxygens (including phenoxy) is 1. The Labute approximate surface area is 200 Å². The SMILES string of the molecule is Cc1cc([C@H](C)Nc2ccccc2S(=O)(=O)C(C)C)c2nc(N3CCOCC3)n(C)c(=O)c2c1. The molecule has 1 atom stereocenters. The Hall–Kier alpha value is -2.91. The minimum Gasteiger partial charge on any atom is -0.378 e. The normalized spacial score (nSPS) is 15.6. The van der Waals surface area contributed by atoms with Gasteiger partial charge in [0.1, 0.15) is 0 Å². The number of rotatable bonds is 6. The number of para-hydroxylation sites is 1. The molecule has 0 aliphatic carbocycles. The lowest BCUT2D eigenvalue weighted by atomic mass is 10.0. The van der Waals surface area contributed by atoms with Crippen molar-refractivity contribution in [1.29, 1.82) is 0 Å². The van der Waals surface area contributed by atoms with Crippen LogP contribution in [0.1, 0.15) is 37.9 Å². The van der Waals surface area contributed by atoms with Gasteiger partial charge < -0.3 is 15.0 Å². The number of anilines is 2. The van der Waals surface area contributed by atoms with Crippen LogP contribution in [0.15, 0.2) is 46.1 Å². The summed E-state index contributed by atoms with van der Waals surface area (Å²) in [5, 5.41) is 3.39. The van der Waals surface area contributed by atoms with Crippen LogP contribution >= 0.6 is 0 Å². The minimum atomic E-state index is -3.47. The van der Waals surface area contributed by atoms with Gasteiger partial charge >= 0.3 is 0 Å². The van der Waals surface area contributed by atoms with Gasteiger partial charge in [0.15, 0.2) is 9.84 Å². The molecule has 0 spiro atoms. The molecule has 182 valence electrons. The Bertz CT molecular complexity index is 1380. The topological polar surface area (TPSA) is 93.5 Å². The van der Waals surface area contributed by atoms with Gasteiger partial charge in [-0.2, -0.15) is 0 Å². The van der Waals surface area contributed by atoms with Gasteiger partial charge in [0.2, 0.25) is 5.95 Å². The highest BCUT2D eigenvalue weighted by atomic mass is 32.2. The molecule has 1 aliphatic heterocycles. The largest absolute Gasteiger partial charge is 0.378 e. The van der Waals surface area contributed by atoms with Gasteiger partial charge in [-0.15, -0.1) is 0 Å². The zero-order valence-corrected chi connectivity index (χ0v) is 21.1. The first kappa shape index (κ1) is 24.2. The molecule has 0 saturated carbocycles. The summed E-state index contributed by atoms with van der Waals surface area (Å²) in [6.45, 7) is 9.78. The highest BCUT2D eigenvalue weighted by Gasteiger charge is 2.25. The first-order chi connectivity index (χ1) is 16.1. The van der Waals surface area contributed by atoms with Gasteiger partial charge in [0.25, 0.3) is 5.56 Å². The van der Waals surface area contributed by atoms with Crippen molar-refractivity contribution in [2.45, 2.75) is 43.9 Å². The van der Waals surface area contributed by atoms with Gasteiger partial charge in [-0.25, -0.2) is 13.4 Å². The van der Waals surface area contributed by atoms with E-state index in [1.807, 2.05) is 32.0 Å². The van der Waals surface area contributed by atoms with Gasteiger partial charge in [-0.3, -0.25) is 9.36 Å². The van der Waals surface area contributed by atoms with Crippen LogP contribution in [-0.4, -0.2) is 49.5 Å². The number of hydrogen-bond acceptors (Lipinski definition) is 7. The molecule has 1 saturated heterocycles. The van der Waals surface area contributed by atoms with E-state index in [9.17, 15) is 13.2 Å². The molecule has 8 nitrogen and oxygen atoms in total. The summed E-state index contributed by atoms with van der Waals surface area (Å²) in [5.41, 5.74) is 2.85. The number of aromatic nitrogens is 2. The summed E-state index contributed by atoms with van der Waals surface area (Å²) in [4.78, 5) is 20.6. The van der Waals surface area contributed by atoms with Gasteiger partial charge in [0.05, 0.1) is 46.0 Å². The lowest BCUT2D eigenvalue weighted by molar-refractivity contribution is 0.121. The molecule has 0 amide bonds. The quantitative estimate of drug-likeness (QED) is 0.573. The minimum absolute atomic E-state index is 0.105. The molecular weight excluding hydrogens is 452 g/mol. The summed E-state index contributed by atoms with van der Waals surface area (Å²) < 4.78 is 32.9. The molecule has 4 rings (SSSR count). The van der Waals surface area contributed by atoms with Gasteiger partial charge in [-0.1, -0.05) is 18.2 Å². The van der Waals surface area contributed by atoms with Gasteiger partial charge in [0, 0.05) is 25.7 Å². The maximum Gasteiger partial charge on any atom is 0.262 e. The van der Waals surface area contributed by atoms with E-state index in [-0.39, 0.29) is 16.5 Å². The molecule has 1 aromatic heterocycles. The lowest BCUT2D eigenvalue weighted by Gasteiger charge is -2.29. The van der Waals surface area contributed by atoms with Crippen molar-refractivity contribution >= 4 is 32.4 Å². The Balaban J connectivity index is 1.82. The van der Waals surface area contributed by atoms with Crippen LogP contribution in [0.2, 0.25) is 0 Å². The number of aryl methyl sites for hydroxylation is 1. The Morgan fingerprint density at radius 2 is 1.76 bits per heavy atom. The highest BCUT2D eigenvalue weighted by Crippen LogP contribution is 2.31. The Kier molecular flexibility index (Phi) is 6.69. The van der Waals surface area contributed by atoms with Crippen LogP contribution in [0.25, 0.3) is 10.9 Å². The zero-order chi connectivity index (χ0) is 24.6. The number of fused-ring (bicyclic) bond motifs is 1. The molecule has 9 heteroatoms. The molecule has 0 unspecified atom stereocenters. The number of benzene rings is 2. The summed E-state index contributed by atoms with van der Waals surface area (Å²) in [5.74, 6) is 0.612. The highest BCUT2D eigenvalue weighted by molar-refractivity contribution is 7.92. The van der Waals surface area contributed by atoms with E-state index in [4.69, 9.17) is 9.72 Å². The van der Waals surface area contributed by atoms with E-state index in [2.05, 4.69) is 10.2 Å². The molecule has 1 fully saturated rings. The fourth-order valence-corrected chi connectivity index (χ4v) is 5.53. The average molecular weight is 485 g/mol. The number of nitrogens with zero attached hydrogens (tertiary/aromatic N) is 3. The lowest BCUT2D eigenvalue weighted by Crippen LogP contribution is -2.40. The molecular formula is C25H32N4O4S. The standard InChI is InChI=1S/C25H32N4O4S/c1-16(2)34(31,32)22-9-7-6-8-21(22)26-18(4)19-14-17(3)15-20-23(19)27-25(28(5)24(20)30)29-10-12-33-13-11-29/h6-9,14-16,18,26H,10-13H2,1-5H3/t18-/m0/s1. The molecule has 2 aromatic carbocycles. The van der Waals surface area contributed by atoms with Crippen molar-refractivity contribution in [1.82, 2.24) is 9.55 Å². The molecule has 34 heavy (non-hydrogen) atoms. The van der Waals surface area contributed by atoms with E-state index in [1.165, 1.54) is 0 Å². The number of nitrogens with one attached hydrogen (secondary N) is 1. The second kappa shape index (κ2) is 9.38. The second-order valence-corrected chi connectivity index (χ2v) is 11.6. The molecule has 2 heterocycles. The van der Waals surface area contributed by atoms with Crippen LogP contribution in [0.5, 0.6) is 0 Å². The van der Waals surface area contributed by atoms with Crippen LogP contribution in [0.4, 0.5) is 11.6 Å². The smallest absolute Gasteiger partial charge is 0.262 e. The predicted molar refractivity (Wildman–Crippen MR) is 136 cm³/mol. The van der Waals surface area contributed by atoms with E-state index < -0.39 is 15.1 Å². The molecule has 1 N–H and O–H groups in total. The third-order valence-electron chi connectivity index (χ3n) is 6.28. The number of sulfone groups is 1. The van der Waals surface area contributed by atoms with Crippen LogP contribution in [-0.2, 0) is 21.6 Å². The van der Waals surface area contributed by atoms with Crippen LogP contribution in [0, 0.1) is 6.92 Å². The molecule has 0 bridgehead atoms. The molecule has 0 radical (unpaired) electrons. The van der Waals surface area contributed by atoms with E-state index in [0.29, 0.717) is 48.8 Å². The summed E-state index contributed by atoms with van der Waals surface area (Å²) in [7, 11) is -1.72. The zero-order valence-electron chi connectivity index (χ0n) is 20.3. The maximum absolute atomic E-state index is 13.3. The first-order valence-corrected chi connectivity index (χ1v) is 13.1. The summed E-state index contributed by atoms with van der Waals surface area (Å²) in [6.07, 6.45) is 0. The van der Waals surface area contributed by atoms with Crippen molar-refractivity contribution in [3.05, 3.63) is 57.9 Å². The molecule has 1 aliphatic rings. The monoisotopic (exact) mass is 484 g/mol. The second-order valence-electron chi connectivity index (χ2n) is 9.08. The van der Waals surface area contributed by atoms with Crippen molar-refractivity contribution in [2.24, 2.45) is 7.05 Å². The Morgan fingerprint density at radius 1 is 1.09 bits per heavy atom. The van der Waals surface area contributed by atoms with Crippen molar-refractivity contribution < 1.29 is 13.2 Å².